The normalized spacial score (nSPS) is 13.1. The molecule has 366 valence electrons. The molecule has 0 saturated carbocycles. The van der Waals surface area contributed by atoms with Crippen molar-refractivity contribution >= 4 is 17.8 Å². The molecule has 19 nitrogen and oxygen atoms in total. The first-order chi connectivity index (χ1) is 34.0. The van der Waals surface area contributed by atoms with Crippen LogP contribution in [0.5, 0.6) is 0 Å². The van der Waals surface area contributed by atoms with Crippen LogP contribution >= 0.6 is 0 Å². The smallest absolute Gasteiger partial charge is 0.478 e. The van der Waals surface area contributed by atoms with E-state index in [9.17, 15) is 49.1 Å². The monoisotopic (exact) mass is 1000 g/mol. The quantitative estimate of drug-likeness (QED) is 0.0916. The maximum Gasteiger partial charge on any atom is 0.490 e. The third-order valence-electron chi connectivity index (χ3n) is 9.27. The van der Waals surface area contributed by atoms with Gasteiger partial charge in [-0.3, -0.25) is 4.79 Å². The third-order valence-corrected chi connectivity index (χ3v) is 9.27. The Bertz CT molecular complexity index is 3190. The molecule has 0 spiro atoms. The molecule has 72 heavy (non-hydrogen) atoms. The van der Waals surface area contributed by atoms with Crippen molar-refractivity contribution in [3.63, 3.8) is 0 Å². The number of hydrogen-bond acceptors (Lipinski definition) is 13. The van der Waals surface area contributed by atoms with Crippen molar-refractivity contribution in [2.24, 2.45) is 20.5 Å². The zero-order chi connectivity index (χ0) is 52.9. The summed E-state index contributed by atoms with van der Waals surface area (Å²) >= 11 is 0. The van der Waals surface area contributed by atoms with E-state index in [0.29, 0.717) is 23.5 Å². The van der Waals surface area contributed by atoms with E-state index in [0.717, 1.165) is 41.2 Å². The summed E-state index contributed by atoms with van der Waals surface area (Å²) in [6.07, 6.45) is -10.8. The summed E-state index contributed by atoms with van der Waals surface area (Å²) in [6.45, 7) is 0.690. The molecular formula is C44H28F9N14O5+. The molecule has 2 aliphatic heterocycles. The van der Waals surface area contributed by atoms with Gasteiger partial charge in [0.2, 0.25) is 0 Å². The number of carbonyl (C=O) groups excluding carboxylic acids is 1. The van der Waals surface area contributed by atoms with E-state index in [2.05, 4.69) is 75.8 Å². The number of alkyl halides is 9. The van der Waals surface area contributed by atoms with E-state index >= 15 is 0 Å². The average molecular weight is 1000 g/mol. The number of rotatable bonds is 9. The predicted octanol–water partition coefficient (Wildman–Crippen LogP) is 6.34. The number of aliphatic carboxylic acids is 1. The number of amides is 1. The number of nitriles is 2. The number of hydrogen-bond donors (Lipinski definition) is 4. The van der Waals surface area contributed by atoms with Crippen LogP contribution in [0.25, 0.3) is 11.4 Å². The van der Waals surface area contributed by atoms with Gasteiger partial charge in [0.05, 0.1) is 35.9 Å². The number of halogens is 9. The standard InChI is InChI=1S/C21H12F3N7O.C12H9N5.C9H5F3N2O2.C2HF3O2/c22-21(23,24)20(28-29-20)16-7-5-15(6-8-16)19(32)26-12-17-13-31(30-27-17)18-9-3-14(4-10-18)2-1-11-25;13-7-1-2-10-3-5-12(6-4-10)17-9-11(8-14)15-16-17;10-9(11,12)8(13-14-8)6-3-1-5(2-4-6)7(15)16;3-2(4,5)1(6)7/h3-10,13H,12H2,(H,26,32);3-6,9H,8,14H2;1-4H,(H,15,16);(H,6,7)/p+1. The Morgan fingerprint density at radius 3 is 1.29 bits per heavy atom. The molecule has 28 heteroatoms. The second kappa shape index (κ2) is 22.1. The fraction of sp³-hybridized carbons (Fsp3) is 0.159. The highest BCUT2D eigenvalue weighted by molar-refractivity contribution is 5.94. The molecule has 2 aliphatic rings. The number of nitrogens with zero attached hydrogens (tertiary/aromatic N) is 12. The van der Waals surface area contributed by atoms with Gasteiger partial charge in [-0.25, -0.2) is 19.0 Å². The van der Waals surface area contributed by atoms with Gasteiger partial charge in [0.1, 0.15) is 17.9 Å². The molecule has 0 unspecified atom stereocenters. The summed E-state index contributed by atoms with van der Waals surface area (Å²) in [4.78, 5) is 31.7. The lowest BCUT2D eigenvalue weighted by atomic mass is 10.0. The largest absolute Gasteiger partial charge is 0.490 e. The first-order valence-corrected chi connectivity index (χ1v) is 19.6. The Balaban J connectivity index is 0.000000202. The van der Waals surface area contributed by atoms with Crippen molar-refractivity contribution in [3.05, 3.63) is 154 Å². The summed E-state index contributed by atoms with van der Waals surface area (Å²) < 4.78 is 112. The molecule has 6 aromatic rings. The molecule has 8 rings (SSSR count). The topological polar surface area (TPSA) is 290 Å². The SMILES string of the molecule is N#CC#Cc1ccc(-n2cc(CNC(=O)c3ccc(C4(C(F)(F)F)N=N4)cc3)nn2)cc1.N#CC#Cc1ccc(-n2cc(C[NH3+])nn2)cc1.O=C(O)C(F)(F)F.O=C(O)c1ccc(C2(C(F)(F)F)N=N2)cc1. The Morgan fingerprint density at radius 2 is 0.972 bits per heavy atom. The fourth-order valence-corrected chi connectivity index (χ4v) is 5.50. The number of quaternary nitrogens is 1. The molecule has 0 radical (unpaired) electrons. The van der Waals surface area contributed by atoms with Crippen LogP contribution in [0.1, 0.15) is 54.4 Å². The van der Waals surface area contributed by atoms with Gasteiger partial charge in [-0.1, -0.05) is 46.5 Å². The van der Waals surface area contributed by atoms with E-state index in [1.54, 1.807) is 47.3 Å². The van der Waals surface area contributed by atoms with Gasteiger partial charge in [-0.15, -0.1) is 30.7 Å². The Labute approximate surface area is 397 Å². The second-order valence-corrected chi connectivity index (χ2v) is 14.1. The van der Waals surface area contributed by atoms with Crippen LogP contribution in [-0.2, 0) is 29.2 Å². The van der Waals surface area contributed by atoms with Crippen molar-refractivity contribution in [2.75, 3.05) is 0 Å². The number of nitrogens with one attached hydrogen (secondary N) is 1. The van der Waals surface area contributed by atoms with E-state index in [1.807, 2.05) is 30.5 Å². The van der Waals surface area contributed by atoms with Gasteiger partial charge in [0.25, 0.3) is 5.91 Å². The van der Waals surface area contributed by atoms with Crippen molar-refractivity contribution in [1.82, 2.24) is 35.3 Å². The summed E-state index contributed by atoms with van der Waals surface area (Å²) in [5.41, 5.74) is 2.96. The van der Waals surface area contributed by atoms with Crippen LogP contribution in [0.4, 0.5) is 39.5 Å². The first kappa shape index (κ1) is 53.2. The Hall–Kier alpha value is -9.80. The summed E-state index contributed by atoms with van der Waals surface area (Å²) in [7, 11) is 0. The molecule has 0 fully saturated rings. The highest BCUT2D eigenvalue weighted by Gasteiger charge is 2.66. The minimum absolute atomic E-state index is 0.0729. The molecule has 2 aromatic heterocycles. The molecule has 0 bridgehead atoms. The Morgan fingerprint density at radius 1 is 0.597 bits per heavy atom. The van der Waals surface area contributed by atoms with Crippen molar-refractivity contribution in [3.8, 4) is 47.2 Å². The minimum Gasteiger partial charge on any atom is -0.478 e. The van der Waals surface area contributed by atoms with Gasteiger partial charge in [0.15, 0.2) is 12.1 Å². The lowest BCUT2D eigenvalue weighted by Crippen LogP contribution is -2.47. The number of aromatic nitrogens is 6. The van der Waals surface area contributed by atoms with Crippen LogP contribution in [-0.4, -0.2) is 76.6 Å². The van der Waals surface area contributed by atoms with Crippen LogP contribution in [0.3, 0.4) is 0 Å². The lowest BCUT2D eigenvalue weighted by molar-refractivity contribution is -0.387. The summed E-state index contributed by atoms with van der Waals surface area (Å²) in [5, 5.41) is 63.4. The van der Waals surface area contributed by atoms with Gasteiger partial charge < -0.3 is 21.3 Å². The lowest BCUT2D eigenvalue weighted by Gasteiger charge is -2.14. The molecule has 0 atom stereocenters. The molecule has 0 saturated heterocycles. The molecule has 4 heterocycles. The minimum atomic E-state index is -5.08. The van der Waals surface area contributed by atoms with E-state index in [-0.39, 0.29) is 28.8 Å². The summed E-state index contributed by atoms with van der Waals surface area (Å²) in [6, 6.07) is 27.2. The maximum absolute atomic E-state index is 13.0. The first-order valence-electron chi connectivity index (χ1n) is 19.6. The number of benzene rings is 4. The van der Waals surface area contributed by atoms with E-state index < -0.39 is 47.7 Å². The molecule has 0 aliphatic carbocycles. The number of carboxylic acid groups (broad SMARTS) is 2. The molecule has 1 amide bonds. The fourth-order valence-electron chi connectivity index (χ4n) is 5.50. The third kappa shape index (κ3) is 13.5. The maximum atomic E-state index is 13.0. The number of carboxylic acids is 2. The van der Waals surface area contributed by atoms with Crippen molar-refractivity contribution in [1.29, 1.82) is 10.5 Å². The molecular weight excluding hydrogens is 976 g/mol. The van der Waals surface area contributed by atoms with Crippen molar-refractivity contribution < 1.29 is 69.8 Å². The highest BCUT2D eigenvalue weighted by Crippen LogP contribution is 2.53. The van der Waals surface area contributed by atoms with E-state index in [1.165, 1.54) is 28.9 Å². The van der Waals surface area contributed by atoms with Gasteiger partial charge in [-0.05, 0) is 72.8 Å². The highest BCUT2D eigenvalue weighted by atomic mass is 19.4. The summed E-state index contributed by atoms with van der Waals surface area (Å²) in [5.74, 6) is 5.63. The second-order valence-electron chi connectivity index (χ2n) is 14.1. The van der Waals surface area contributed by atoms with Gasteiger partial charge in [-0.2, -0.15) is 50.0 Å². The number of carbonyl (C=O) groups is 3. The molecule has 6 N–H and O–H groups in total. The van der Waals surface area contributed by atoms with Crippen molar-refractivity contribution in [2.45, 2.75) is 42.9 Å². The van der Waals surface area contributed by atoms with Crippen LogP contribution in [0.2, 0.25) is 0 Å². The van der Waals surface area contributed by atoms with Gasteiger partial charge in [0, 0.05) is 39.7 Å². The van der Waals surface area contributed by atoms with Gasteiger partial charge >= 0.3 is 41.8 Å². The van der Waals surface area contributed by atoms with Crippen LogP contribution < -0.4 is 11.1 Å². The predicted molar refractivity (Wildman–Crippen MR) is 224 cm³/mol. The zero-order valence-electron chi connectivity index (χ0n) is 35.9. The molecule has 4 aromatic carbocycles. The average Bonchev–Trinajstić information content (AvgIpc) is 4.26. The zero-order valence-corrected chi connectivity index (χ0v) is 35.9. The van der Waals surface area contributed by atoms with Crippen LogP contribution in [0.15, 0.2) is 130 Å². The number of aromatic carboxylic acids is 1. The van der Waals surface area contributed by atoms with Crippen LogP contribution in [0, 0.1) is 46.3 Å². The van der Waals surface area contributed by atoms with E-state index in [4.69, 9.17) is 25.5 Å². The Kier molecular flexibility index (Phi) is 16.3.